The van der Waals surface area contributed by atoms with Crippen LogP contribution >= 0.6 is 0 Å². The van der Waals surface area contributed by atoms with Crippen LogP contribution in [0.3, 0.4) is 0 Å². The molecule has 0 aliphatic heterocycles. The number of fused-ring (bicyclic) bond motifs is 1. The molecule has 0 atom stereocenters. The fraction of sp³-hybridized carbons (Fsp3) is 0.188. The number of ether oxygens (including phenoxy) is 1. The van der Waals surface area contributed by atoms with Crippen molar-refractivity contribution in [1.82, 2.24) is 10.1 Å². The normalized spacial score (nSPS) is 10.7. The summed E-state index contributed by atoms with van der Waals surface area (Å²) in [7, 11) is 0. The van der Waals surface area contributed by atoms with Crippen LogP contribution < -0.4 is 0 Å². The van der Waals surface area contributed by atoms with E-state index in [1.54, 1.807) is 6.92 Å². The standard InChI is InChI=1S/C16H14N2O3/c1-2-20-15(19)10-14-17-16(18-21-14)13-8-7-11-5-3-4-6-12(11)9-13/h3-9H,2,10H2,1H3. The van der Waals surface area contributed by atoms with Crippen molar-refractivity contribution in [3.05, 3.63) is 48.4 Å². The molecule has 21 heavy (non-hydrogen) atoms. The van der Waals surface area contributed by atoms with E-state index in [-0.39, 0.29) is 18.3 Å². The van der Waals surface area contributed by atoms with E-state index in [9.17, 15) is 4.79 Å². The Hall–Kier alpha value is -2.69. The maximum absolute atomic E-state index is 11.4. The molecule has 0 unspecified atom stereocenters. The van der Waals surface area contributed by atoms with Crippen molar-refractivity contribution >= 4 is 16.7 Å². The van der Waals surface area contributed by atoms with Gasteiger partial charge < -0.3 is 9.26 Å². The lowest BCUT2D eigenvalue weighted by atomic mass is 10.1. The molecule has 5 heteroatoms. The molecule has 0 radical (unpaired) electrons. The number of nitrogens with zero attached hydrogens (tertiary/aromatic N) is 2. The minimum absolute atomic E-state index is 0.00553. The average molecular weight is 282 g/mol. The predicted molar refractivity (Wildman–Crippen MR) is 77.6 cm³/mol. The zero-order valence-electron chi connectivity index (χ0n) is 11.6. The highest BCUT2D eigenvalue weighted by molar-refractivity contribution is 5.86. The van der Waals surface area contributed by atoms with Gasteiger partial charge in [-0.05, 0) is 23.8 Å². The smallest absolute Gasteiger partial charge is 0.315 e. The molecule has 0 N–H and O–H groups in total. The van der Waals surface area contributed by atoms with Crippen molar-refractivity contribution in [2.45, 2.75) is 13.3 Å². The molecule has 0 aliphatic carbocycles. The molecule has 2 aromatic carbocycles. The summed E-state index contributed by atoms with van der Waals surface area (Å²) in [5, 5.41) is 6.17. The van der Waals surface area contributed by atoms with Crippen molar-refractivity contribution in [2.24, 2.45) is 0 Å². The summed E-state index contributed by atoms with van der Waals surface area (Å²) in [6.45, 7) is 2.09. The Kier molecular flexibility index (Phi) is 3.64. The second kappa shape index (κ2) is 5.75. The van der Waals surface area contributed by atoms with Gasteiger partial charge in [0.2, 0.25) is 11.7 Å². The number of carbonyl (C=O) groups excluding carboxylic acids is 1. The zero-order chi connectivity index (χ0) is 14.7. The van der Waals surface area contributed by atoms with Gasteiger partial charge in [0.15, 0.2) is 0 Å². The van der Waals surface area contributed by atoms with Crippen molar-refractivity contribution in [3.63, 3.8) is 0 Å². The van der Waals surface area contributed by atoms with E-state index in [1.165, 1.54) is 0 Å². The Labute approximate surface area is 121 Å². The van der Waals surface area contributed by atoms with E-state index >= 15 is 0 Å². The average Bonchev–Trinajstić information content (AvgIpc) is 2.95. The number of esters is 1. The number of hydrogen-bond acceptors (Lipinski definition) is 5. The number of carbonyl (C=O) groups is 1. The van der Waals surface area contributed by atoms with Gasteiger partial charge in [0.05, 0.1) is 6.61 Å². The lowest BCUT2D eigenvalue weighted by Gasteiger charge is -1.99. The summed E-state index contributed by atoms with van der Waals surface area (Å²) in [6, 6.07) is 14.0. The topological polar surface area (TPSA) is 65.2 Å². The quantitative estimate of drug-likeness (QED) is 0.688. The maximum atomic E-state index is 11.4. The highest BCUT2D eigenvalue weighted by Crippen LogP contribution is 2.22. The van der Waals surface area contributed by atoms with Crippen LogP contribution in [0.25, 0.3) is 22.2 Å². The van der Waals surface area contributed by atoms with Crippen LogP contribution in [0, 0.1) is 0 Å². The Morgan fingerprint density at radius 1 is 1.19 bits per heavy atom. The van der Waals surface area contributed by atoms with Crippen LogP contribution in [0.1, 0.15) is 12.8 Å². The fourth-order valence-electron chi connectivity index (χ4n) is 2.11. The lowest BCUT2D eigenvalue weighted by Crippen LogP contribution is -2.07. The Morgan fingerprint density at radius 3 is 2.81 bits per heavy atom. The maximum Gasteiger partial charge on any atom is 0.315 e. The SMILES string of the molecule is CCOC(=O)Cc1nc(-c2ccc3ccccc3c2)no1. The number of rotatable bonds is 4. The molecule has 3 aromatic rings. The predicted octanol–water partition coefficient (Wildman–Crippen LogP) is 3.00. The van der Waals surface area contributed by atoms with Gasteiger partial charge in [0, 0.05) is 5.56 Å². The molecule has 5 nitrogen and oxygen atoms in total. The highest BCUT2D eigenvalue weighted by atomic mass is 16.5. The van der Waals surface area contributed by atoms with Crippen LogP contribution in [-0.4, -0.2) is 22.7 Å². The molecule has 0 saturated heterocycles. The first kappa shape index (κ1) is 13.3. The third-order valence-electron chi connectivity index (χ3n) is 3.08. The van der Waals surface area contributed by atoms with Gasteiger partial charge in [-0.3, -0.25) is 4.79 Å². The highest BCUT2D eigenvalue weighted by Gasteiger charge is 2.13. The summed E-state index contributed by atoms with van der Waals surface area (Å²) in [6.07, 6.45) is -0.00553. The molecule has 1 aromatic heterocycles. The minimum Gasteiger partial charge on any atom is -0.466 e. The number of hydrogen-bond donors (Lipinski definition) is 0. The van der Waals surface area contributed by atoms with E-state index in [1.807, 2.05) is 42.5 Å². The van der Waals surface area contributed by atoms with E-state index in [0.717, 1.165) is 16.3 Å². The molecular weight excluding hydrogens is 268 g/mol. The monoisotopic (exact) mass is 282 g/mol. The summed E-state index contributed by atoms with van der Waals surface area (Å²) in [5.41, 5.74) is 0.854. The zero-order valence-corrected chi connectivity index (χ0v) is 11.6. The van der Waals surface area contributed by atoms with E-state index < -0.39 is 0 Å². The third-order valence-corrected chi connectivity index (χ3v) is 3.08. The Morgan fingerprint density at radius 2 is 2.00 bits per heavy atom. The molecule has 0 amide bonds. The van der Waals surface area contributed by atoms with E-state index in [2.05, 4.69) is 10.1 Å². The third kappa shape index (κ3) is 2.91. The van der Waals surface area contributed by atoms with Crippen molar-refractivity contribution in [1.29, 1.82) is 0 Å². The second-order valence-corrected chi connectivity index (χ2v) is 4.56. The largest absolute Gasteiger partial charge is 0.466 e. The Balaban J connectivity index is 1.85. The van der Waals surface area contributed by atoms with Gasteiger partial charge in [0.1, 0.15) is 6.42 Å². The van der Waals surface area contributed by atoms with Gasteiger partial charge in [-0.1, -0.05) is 41.6 Å². The van der Waals surface area contributed by atoms with Crippen molar-refractivity contribution < 1.29 is 14.1 Å². The summed E-state index contributed by atoms with van der Waals surface area (Å²) < 4.78 is 9.94. The Bertz CT molecular complexity index is 780. The molecule has 0 fully saturated rings. The van der Waals surface area contributed by atoms with Gasteiger partial charge in [-0.15, -0.1) is 0 Å². The molecule has 0 spiro atoms. The fourth-order valence-corrected chi connectivity index (χ4v) is 2.11. The van der Waals surface area contributed by atoms with Crippen LogP contribution in [0.4, 0.5) is 0 Å². The first-order valence-electron chi connectivity index (χ1n) is 6.73. The van der Waals surface area contributed by atoms with Crippen molar-refractivity contribution in [2.75, 3.05) is 6.61 Å². The number of aromatic nitrogens is 2. The summed E-state index contributed by atoms with van der Waals surface area (Å²) in [5.74, 6) is 0.364. The number of benzene rings is 2. The minimum atomic E-state index is -0.369. The molecule has 0 aliphatic rings. The first-order chi connectivity index (χ1) is 10.3. The molecule has 3 rings (SSSR count). The van der Waals surface area contributed by atoms with Gasteiger partial charge in [-0.2, -0.15) is 4.98 Å². The van der Waals surface area contributed by atoms with Crippen molar-refractivity contribution in [3.8, 4) is 11.4 Å². The van der Waals surface area contributed by atoms with Crippen LogP contribution in [0.5, 0.6) is 0 Å². The van der Waals surface area contributed by atoms with Gasteiger partial charge >= 0.3 is 5.97 Å². The van der Waals surface area contributed by atoms with Gasteiger partial charge in [0.25, 0.3) is 0 Å². The second-order valence-electron chi connectivity index (χ2n) is 4.56. The van der Waals surface area contributed by atoms with Crippen LogP contribution in [-0.2, 0) is 16.0 Å². The van der Waals surface area contributed by atoms with Crippen LogP contribution in [0.15, 0.2) is 47.0 Å². The van der Waals surface area contributed by atoms with E-state index in [0.29, 0.717) is 12.4 Å². The summed E-state index contributed by atoms with van der Waals surface area (Å²) in [4.78, 5) is 15.6. The molecule has 106 valence electrons. The lowest BCUT2D eigenvalue weighted by molar-refractivity contribution is -0.142. The van der Waals surface area contributed by atoms with Crippen LogP contribution in [0.2, 0.25) is 0 Å². The van der Waals surface area contributed by atoms with Gasteiger partial charge in [-0.25, -0.2) is 0 Å². The first-order valence-corrected chi connectivity index (χ1v) is 6.73. The van der Waals surface area contributed by atoms with E-state index in [4.69, 9.17) is 9.26 Å². The molecule has 0 saturated carbocycles. The summed E-state index contributed by atoms with van der Waals surface area (Å²) >= 11 is 0. The molecule has 0 bridgehead atoms. The molecular formula is C16H14N2O3. The molecule has 1 heterocycles.